The van der Waals surface area contributed by atoms with Crippen LogP contribution < -0.4 is 5.32 Å². The highest BCUT2D eigenvalue weighted by atomic mass is 35.5. The minimum Gasteiger partial charge on any atom is -0.371 e. The second-order valence-corrected chi connectivity index (χ2v) is 10.1. The van der Waals surface area contributed by atoms with Crippen molar-refractivity contribution in [2.75, 3.05) is 5.32 Å². The number of rotatable bonds is 4. The molecule has 1 aliphatic heterocycles. The third-order valence-corrected chi connectivity index (χ3v) is 6.98. The van der Waals surface area contributed by atoms with Gasteiger partial charge in [-0.15, -0.1) is 0 Å². The fourth-order valence-corrected chi connectivity index (χ4v) is 5.55. The fraction of sp³-hybridized carbons (Fsp3) is 0.276. The van der Waals surface area contributed by atoms with Gasteiger partial charge in [0.2, 0.25) is 0 Å². The lowest BCUT2D eigenvalue weighted by Crippen LogP contribution is -2.42. The Kier molecular flexibility index (Phi) is 5.65. The van der Waals surface area contributed by atoms with Gasteiger partial charge in [-0.1, -0.05) is 41.9 Å². The van der Waals surface area contributed by atoms with Gasteiger partial charge in [0.15, 0.2) is 0 Å². The van der Waals surface area contributed by atoms with Crippen LogP contribution in [0.1, 0.15) is 60.9 Å². The van der Waals surface area contributed by atoms with Crippen LogP contribution in [0.15, 0.2) is 66.9 Å². The molecule has 1 aromatic heterocycles. The van der Waals surface area contributed by atoms with Gasteiger partial charge in [-0.3, -0.25) is 4.79 Å². The van der Waals surface area contributed by atoms with E-state index in [-0.39, 0.29) is 24.0 Å². The number of benzene rings is 3. The van der Waals surface area contributed by atoms with E-state index in [0.717, 1.165) is 44.5 Å². The lowest BCUT2D eigenvalue weighted by molar-refractivity contribution is 0.0644. The molecule has 1 aliphatic rings. The van der Waals surface area contributed by atoms with Crippen LogP contribution in [-0.4, -0.2) is 27.5 Å². The smallest absolute Gasteiger partial charge is 0.255 e. The van der Waals surface area contributed by atoms with Gasteiger partial charge in [-0.2, -0.15) is 0 Å². The van der Waals surface area contributed by atoms with Gasteiger partial charge in [-0.25, -0.2) is 0 Å². The molecule has 0 radical (unpaired) electrons. The molecule has 0 saturated carbocycles. The van der Waals surface area contributed by atoms with Crippen molar-refractivity contribution in [1.82, 2.24) is 9.47 Å². The van der Waals surface area contributed by atoms with Crippen molar-refractivity contribution in [3.8, 4) is 5.69 Å². The third kappa shape index (κ3) is 3.57. The Labute approximate surface area is 206 Å². The molecule has 0 spiro atoms. The lowest BCUT2D eigenvalue weighted by Gasteiger charge is -2.35. The molecular weight excluding hydrogens is 442 g/mol. The van der Waals surface area contributed by atoms with E-state index in [1.54, 1.807) is 0 Å². The standard InChI is InChI=1S/C29H30ClN3O/c1-17(2)33(18(3)4)29(34)27-22-10-7-6-9-21(22)19(5)15-23(27)28-25-11-8-14-32(25)26-16-20(30)12-13-24(26)31-28/h6-18,28,31H,1-5H3. The molecule has 5 rings (SSSR count). The molecule has 0 aliphatic carbocycles. The number of fused-ring (bicyclic) bond motifs is 4. The molecular formula is C29H30ClN3O. The number of hydrogen-bond donors (Lipinski definition) is 1. The number of aromatic nitrogens is 1. The molecule has 0 fully saturated rings. The maximum Gasteiger partial charge on any atom is 0.255 e. The topological polar surface area (TPSA) is 37.3 Å². The second-order valence-electron chi connectivity index (χ2n) is 9.65. The zero-order chi connectivity index (χ0) is 24.1. The fourth-order valence-electron chi connectivity index (χ4n) is 5.39. The molecule has 5 heteroatoms. The summed E-state index contributed by atoms with van der Waals surface area (Å²) in [6, 6.07) is 20.5. The Bertz CT molecular complexity index is 1390. The largest absolute Gasteiger partial charge is 0.371 e. The van der Waals surface area contributed by atoms with Crippen LogP contribution in [0.5, 0.6) is 0 Å². The number of halogens is 1. The average molecular weight is 472 g/mol. The number of carbonyl (C=O) groups is 1. The predicted octanol–water partition coefficient (Wildman–Crippen LogP) is 7.37. The summed E-state index contributed by atoms with van der Waals surface area (Å²) in [6.45, 7) is 10.4. The molecule has 1 atom stereocenters. The maximum atomic E-state index is 14.2. The van der Waals surface area contributed by atoms with Crippen LogP contribution in [-0.2, 0) is 0 Å². The molecule has 1 amide bonds. The van der Waals surface area contributed by atoms with Gasteiger partial charge >= 0.3 is 0 Å². The Morgan fingerprint density at radius 1 is 0.971 bits per heavy atom. The van der Waals surface area contributed by atoms with E-state index in [4.69, 9.17) is 11.6 Å². The molecule has 1 unspecified atom stereocenters. The monoisotopic (exact) mass is 471 g/mol. The highest BCUT2D eigenvalue weighted by Gasteiger charge is 2.32. The van der Waals surface area contributed by atoms with Crippen molar-refractivity contribution in [3.63, 3.8) is 0 Å². The number of nitrogens with zero attached hydrogens (tertiary/aromatic N) is 2. The first-order valence-electron chi connectivity index (χ1n) is 11.9. The number of anilines is 1. The minimum absolute atomic E-state index is 0.0676. The summed E-state index contributed by atoms with van der Waals surface area (Å²) in [4.78, 5) is 16.2. The van der Waals surface area contributed by atoms with Gasteiger partial charge < -0.3 is 14.8 Å². The maximum absolute atomic E-state index is 14.2. The summed E-state index contributed by atoms with van der Waals surface area (Å²) in [5, 5.41) is 6.52. The van der Waals surface area contributed by atoms with Gasteiger partial charge in [0, 0.05) is 29.0 Å². The summed E-state index contributed by atoms with van der Waals surface area (Å²) in [5.74, 6) is 0.0676. The molecule has 0 saturated heterocycles. The first kappa shape index (κ1) is 22.5. The molecule has 4 aromatic rings. The third-order valence-electron chi connectivity index (χ3n) is 6.75. The quantitative estimate of drug-likeness (QED) is 0.337. The number of hydrogen-bond acceptors (Lipinski definition) is 2. The van der Waals surface area contributed by atoms with Crippen molar-refractivity contribution >= 4 is 34.0 Å². The molecule has 174 valence electrons. The Morgan fingerprint density at radius 2 is 1.68 bits per heavy atom. The first-order valence-corrected chi connectivity index (χ1v) is 12.2. The SMILES string of the molecule is Cc1cc(C2Nc3ccc(Cl)cc3-n3cccc32)c(C(=O)N(C(C)C)C(C)C)c2ccccc12. The number of nitrogens with one attached hydrogen (secondary N) is 1. The van der Waals surface area contributed by atoms with Gasteiger partial charge in [0.05, 0.1) is 23.0 Å². The van der Waals surface area contributed by atoms with Gasteiger partial charge in [0.25, 0.3) is 5.91 Å². The van der Waals surface area contributed by atoms with E-state index < -0.39 is 0 Å². The van der Waals surface area contributed by atoms with Gasteiger partial charge in [-0.05, 0) is 86.8 Å². The van der Waals surface area contributed by atoms with Crippen molar-refractivity contribution in [3.05, 3.63) is 94.3 Å². The summed E-state index contributed by atoms with van der Waals surface area (Å²) in [5.41, 5.74) is 6.01. The minimum atomic E-state index is -0.174. The van der Waals surface area contributed by atoms with Crippen molar-refractivity contribution < 1.29 is 4.79 Å². The molecule has 3 aromatic carbocycles. The molecule has 0 bridgehead atoms. The normalized spacial score (nSPS) is 14.8. The van der Waals surface area contributed by atoms with Crippen molar-refractivity contribution in [2.24, 2.45) is 0 Å². The number of carbonyl (C=O) groups excluding carboxylic acids is 1. The van der Waals surface area contributed by atoms with E-state index in [9.17, 15) is 4.79 Å². The summed E-state index contributed by atoms with van der Waals surface area (Å²) in [7, 11) is 0. The Balaban J connectivity index is 1.78. The average Bonchev–Trinajstić information content (AvgIpc) is 3.28. The van der Waals surface area contributed by atoms with E-state index in [1.807, 2.05) is 41.3 Å². The van der Waals surface area contributed by atoms with Crippen LogP contribution in [0.4, 0.5) is 5.69 Å². The van der Waals surface area contributed by atoms with Crippen LogP contribution >= 0.6 is 11.6 Å². The zero-order valence-electron chi connectivity index (χ0n) is 20.3. The molecule has 34 heavy (non-hydrogen) atoms. The van der Waals surface area contributed by atoms with E-state index in [0.29, 0.717) is 5.02 Å². The second kappa shape index (κ2) is 8.52. The highest BCUT2D eigenvalue weighted by molar-refractivity contribution is 6.30. The van der Waals surface area contributed by atoms with E-state index >= 15 is 0 Å². The Hall–Kier alpha value is -3.24. The van der Waals surface area contributed by atoms with Crippen LogP contribution in [0.3, 0.4) is 0 Å². The molecule has 2 heterocycles. The highest BCUT2D eigenvalue weighted by Crippen LogP contribution is 2.41. The summed E-state index contributed by atoms with van der Waals surface area (Å²) >= 11 is 6.32. The van der Waals surface area contributed by atoms with E-state index in [1.165, 1.54) is 0 Å². The van der Waals surface area contributed by atoms with Crippen molar-refractivity contribution in [2.45, 2.75) is 52.7 Å². The van der Waals surface area contributed by atoms with Crippen LogP contribution in [0, 0.1) is 6.92 Å². The zero-order valence-corrected chi connectivity index (χ0v) is 21.0. The van der Waals surface area contributed by atoms with Crippen molar-refractivity contribution in [1.29, 1.82) is 0 Å². The lowest BCUT2D eigenvalue weighted by atomic mass is 9.88. The first-order chi connectivity index (χ1) is 16.3. The summed E-state index contributed by atoms with van der Waals surface area (Å²) in [6.07, 6.45) is 2.06. The molecule has 1 N–H and O–H groups in total. The predicted molar refractivity (Wildman–Crippen MR) is 141 cm³/mol. The van der Waals surface area contributed by atoms with Crippen LogP contribution in [0.25, 0.3) is 16.5 Å². The Morgan fingerprint density at radius 3 is 2.38 bits per heavy atom. The number of aryl methyl sites for hydroxylation is 1. The number of amides is 1. The summed E-state index contributed by atoms with van der Waals surface area (Å²) < 4.78 is 2.17. The molecule has 4 nitrogen and oxygen atoms in total. The van der Waals surface area contributed by atoms with Gasteiger partial charge in [0.1, 0.15) is 0 Å². The van der Waals surface area contributed by atoms with E-state index in [2.05, 4.69) is 75.0 Å². The van der Waals surface area contributed by atoms with Crippen LogP contribution in [0.2, 0.25) is 5.02 Å².